The highest BCUT2D eigenvalue weighted by molar-refractivity contribution is 5.87. The Labute approximate surface area is 386 Å². The first-order chi connectivity index (χ1) is 31.7. The SMILES string of the molecule is COC(=O)NC(C=O)C(C)C.COC(=O)N[C@H](C(=O)N1CC2(C[C@H]1c1ncc(-c3ccc(-c4ccc(-c5cnc(C6CCCN6C)[nH]5)c5c4C4CC(C)CC5N4)cc3)[nH]1)OCCO2)C(C)C. The third kappa shape index (κ3) is 9.48. The van der Waals surface area contributed by atoms with Crippen LogP contribution in [-0.2, 0) is 28.5 Å². The first kappa shape index (κ1) is 46.9. The summed E-state index contributed by atoms with van der Waals surface area (Å²) in [6, 6.07) is 12.6. The standard InChI is InChI=1S/C42H52N8O5.C7H13NO3/c1-23(2)37(48-41(52)53-5)40(51)50-22-42(54-15-16-55-42)19-34(50)39-43-20-31(46-39)26-10-8-25(9-11-26)27-12-13-28(36-30-18-24(3)17-29(45-30)35(27)36)32-21-44-38(47-32)33-7-6-14-49(33)4;1-5(2)6(4-9)8-7(10)11-3/h8-13,20-21,23-24,29-30,33-34,37,45H,6-7,14-19,22H2,1-5H3,(H,43,46)(H,44,47)(H,48,52);4-6H,1-3H3,(H,8,10)/t24?,29?,30?,33?,34-,37-;/m0./s1. The molecule has 9 rings (SSSR count). The van der Waals surface area contributed by atoms with Gasteiger partial charge in [0, 0.05) is 24.1 Å². The van der Waals surface area contributed by atoms with Crippen molar-refractivity contribution in [1.82, 2.24) is 45.7 Å². The van der Waals surface area contributed by atoms with Crippen molar-refractivity contribution in [1.29, 1.82) is 0 Å². The zero-order valence-corrected chi connectivity index (χ0v) is 39.3. The summed E-state index contributed by atoms with van der Waals surface area (Å²) in [4.78, 5) is 68.2. The molecule has 354 valence electrons. The van der Waals surface area contributed by atoms with E-state index in [1.807, 2.05) is 40.1 Å². The average molecular weight is 908 g/mol. The Hall–Kier alpha value is -5.62. The lowest BCUT2D eigenvalue weighted by molar-refractivity contribution is -0.153. The third-order valence-corrected chi connectivity index (χ3v) is 13.9. The number of rotatable bonds is 11. The van der Waals surface area contributed by atoms with Crippen LogP contribution in [0, 0.1) is 17.8 Å². The maximum absolute atomic E-state index is 14.0. The van der Waals surface area contributed by atoms with Gasteiger partial charge in [0.05, 0.1) is 75.9 Å². The molecule has 5 aliphatic heterocycles. The van der Waals surface area contributed by atoms with Gasteiger partial charge in [-0.3, -0.25) is 9.69 Å². The number of hydrogen-bond acceptors (Lipinski definition) is 12. The Bertz CT molecular complexity index is 2370. The molecule has 5 N–H and O–H groups in total. The minimum atomic E-state index is -0.908. The van der Waals surface area contributed by atoms with Gasteiger partial charge in [-0.25, -0.2) is 19.6 Å². The fourth-order valence-electron chi connectivity index (χ4n) is 10.4. The highest BCUT2D eigenvalue weighted by atomic mass is 16.7. The molecule has 4 aromatic rings. The van der Waals surface area contributed by atoms with Crippen molar-refractivity contribution >= 4 is 24.4 Å². The van der Waals surface area contributed by atoms with Crippen molar-refractivity contribution in [3.05, 3.63) is 71.6 Å². The largest absolute Gasteiger partial charge is 0.453 e. The molecule has 7 heterocycles. The number of nitrogens with one attached hydrogen (secondary N) is 5. The summed E-state index contributed by atoms with van der Waals surface area (Å²) < 4.78 is 21.3. The zero-order valence-electron chi connectivity index (χ0n) is 39.3. The second kappa shape index (κ2) is 19.7. The van der Waals surface area contributed by atoms with Gasteiger partial charge in [0.1, 0.15) is 24.0 Å². The van der Waals surface area contributed by atoms with E-state index in [-0.39, 0.29) is 24.3 Å². The van der Waals surface area contributed by atoms with Gasteiger partial charge < -0.3 is 54.6 Å². The van der Waals surface area contributed by atoms with Gasteiger partial charge in [-0.1, -0.05) is 71.0 Å². The summed E-state index contributed by atoms with van der Waals surface area (Å²) >= 11 is 0. The van der Waals surface area contributed by atoms with Crippen molar-refractivity contribution in [3.8, 4) is 33.6 Å². The van der Waals surface area contributed by atoms with E-state index >= 15 is 0 Å². The van der Waals surface area contributed by atoms with Gasteiger partial charge in [-0.2, -0.15) is 0 Å². The number of H-pyrrole nitrogens is 2. The van der Waals surface area contributed by atoms with Crippen molar-refractivity contribution in [2.75, 3.05) is 47.6 Å². The fourth-order valence-corrected chi connectivity index (χ4v) is 10.4. The van der Waals surface area contributed by atoms with Gasteiger partial charge in [-0.05, 0) is 84.8 Å². The topological polar surface area (TPSA) is 205 Å². The van der Waals surface area contributed by atoms with Crippen LogP contribution in [0.2, 0.25) is 0 Å². The molecule has 0 aliphatic carbocycles. The lowest BCUT2D eigenvalue weighted by atomic mass is 9.88. The highest BCUT2D eigenvalue weighted by Gasteiger charge is 2.53. The van der Waals surface area contributed by atoms with Gasteiger partial charge in [-0.15, -0.1) is 0 Å². The first-order valence-corrected chi connectivity index (χ1v) is 23.3. The van der Waals surface area contributed by atoms with E-state index in [1.165, 1.54) is 48.5 Å². The Balaban J connectivity index is 0.000000479. The van der Waals surface area contributed by atoms with Crippen molar-refractivity contribution in [2.45, 2.75) is 109 Å². The summed E-state index contributed by atoms with van der Waals surface area (Å²) in [7, 11) is 4.74. The molecule has 2 bridgehead atoms. The van der Waals surface area contributed by atoms with E-state index in [2.05, 4.69) is 85.9 Å². The number of carbonyl (C=O) groups is 4. The molecule has 66 heavy (non-hydrogen) atoms. The van der Waals surface area contributed by atoms with E-state index in [0.29, 0.717) is 55.8 Å². The van der Waals surface area contributed by atoms with E-state index < -0.39 is 36.1 Å². The number of aldehydes is 1. The number of carbonyl (C=O) groups excluding carboxylic acids is 4. The summed E-state index contributed by atoms with van der Waals surface area (Å²) in [6.07, 6.45) is 8.34. The van der Waals surface area contributed by atoms with Crippen LogP contribution in [0.1, 0.15) is 114 Å². The summed E-state index contributed by atoms with van der Waals surface area (Å²) in [5.74, 6) is 1.13. The van der Waals surface area contributed by atoms with Crippen LogP contribution in [0.5, 0.6) is 0 Å². The zero-order chi connectivity index (χ0) is 46.9. The lowest BCUT2D eigenvalue weighted by Gasteiger charge is -2.30. The van der Waals surface area contributed by atoms with Crippen LogP contribution >= 0.6 is 0 Å². The second-order valence-electron chi connectivity index (χ2n) is 19.1. The lowest BCUT2D eigenvalue weighted by Crippen LogP contribution is -2.52. The van der Waals surface area contributed by atoms with Crippen molar-refractivity contribution in [2.24, 2.45) is 17.8 Å². The van der Waals surface area contributed by atoms with Gasteiger partial charge >= 0.3 is 12.2 Å². The maximum atomic E-state index is 14.0. The monoisotopic (exact) mass is 907 g/mol. The number of benzene rings is 2. The smallest absolute Gasteiger partial charge is 0.407 e. The molecular weight excluding hydrogens is 843 g/mol. The molecule has 2 aromatic carbocycles. The number of hydrogen-bond donors (Lipinski definition) is 5. The average Bonchev–Trinajstić information content (AvgIpc) is 4.19. The number of amides is 3. The van der Waals surface area contributed by atoms with E-state index in [1.54, 1.807) is 4.90 Å². The minimum absolute atomic E-state index is 0.0894. The molecule has 0 radical (unpaired) electrons. The summed E-state index contributed by atoms with van der Waals surface area (Å²) in [5.41, 5.74) is 9.47. The number of aromatic amines is 2. The third-order valence-electron chi connectivity index (χ3n) is 13.9. The Morgan fingerprint density at radius 1 is 0.818 bits per heavy atom. The molecular formula is C49H65N9O8. The second-order valence-corrected chi connectivity index (χ2v) is 19.1. The summed E-state index contributed by atoms with van der Waals surface area (Å²) in [5, 5.41) is 9.08. The number of fused-ring (bicyclic) bond motifs is 5. The predicted octanol–water partition coefficient (Wildman–Crippen LogP) is 6.98. The van der Waals surface area contributed by atoms with Crippen LogP contribution in [0.4, 0.5) is 9.59 Å². The molecule has 5 unspecified atom stereocenters. The Morgan fingerprint density at radius 2 is 1.41 bits per heavy atom. The van der Waals surface area contributed by atoms with E-state index in [4.69, 9.17) is 24.2 Å². The molecule has 17 nitrogen and oxygen atoms in total. The predicted molar refractivity (Wildman–Crippen MR) is 247 cm³/mol. The number of aromatic nitrogens is 4. The number of ether oxygens (including phenoxy) is 4. The van der Waals surface area contributed by atoms with Gasteiger partial charge in [0.15, 0.2) is 5.79 Å². The molecule has 4 fully saturated rings. The fraction of sp³-hybridized carbons (Fsp3) is 0.551. The molecule has 3 amide bonds. The number of piperidine rings is 1. The first-order valence-electron chi connectivity index (χ1n) is 23.3. The van der Waals surface area contributed by atoms with Crippen molar-refractivity contribution < 1.29 is 38.1 Å². The van der Waals surface area contributed by atoms with Gasteiger partial charge in [0.25, 0.3) is 0 Å². The summed E-state index contributed by atoms with van der Waals surface area (Å²) in [6.45, 7) is 12.1. The number of methoxy groups -OCH3 is 2. The van der Waals surface area contributed by atoms with Crippen molar-refractivity contribution in [3.63, 3.8) is 0 Å². The molecule has 2 aromatic heterocycles. The Kier molecular flexibility index (Phi) is 14.0. The molecule has 1 spiro atoms. The molecule has 0 saturated carbocycles. The van der Waals surface area contributed by atoms with Crippen LogP contribution in [0.25, 0.3) is 33.6 Å². The quantitative estimate of drug-likeness (QED) is 0.0968. The molecule has 4 saturated heterocycles. The van der Waals surface area contributed by atoms with Gasteiger partial charge in [0.2, 0.25) is 5.91 Å². The number of imidazole rings is 2. The highest BCUT2D eigenvalue weighted by Crippen LogP contribution is 2.52. The maximum Gasteiger partial charge on any atom is 0.407 e. The van der Waals surface area contributed by atoms with Crippen LogP contribution in [0.3, 0.4) is 0 Å². The number of nitrogens with zero attached hydrogens (tertiary/aromatic N) is 4. The van der Waals surface area contributed by atoms with Crippen LogP contribution in [-0.4, -0.2) is 120 Å². The number of likely N-dealkylation sites (tertiary alicyclic amines) is 2. The van der Waals surface area contributed by atoms with E-state index in [0.717, 1.165) is 48.6 Å². The Morgan fingerprint density at radius 3 is 2.02 bits per heavy atom. The number of alkyl carbamates (subject to hydrolysis) is 2. The minimum Gasteiger partial charge on any atom is -0.453 e. The molecule has 5 aliphatic rings. The van der Waals surface area contributed by atoms with Crippen LogP contribution in [0.15, 0.2) is 48.8 Å². The molecule has 17 heteroatoms. The van der Waals surface area contributed by atoms with Crippen LogP contribution < -0.4 is 16.0 Å². The normalized spacial score (nSPS) is 23.9. The molecule has 7 atom stereocenters. The van der Waals surface area contributed by atoms with E-state index in [9.17, 15) is 19.2 Å².